The molecule has 28 heavy (non-hydrogen) atoms. The topological polar surface area (TPSA) is 54.2 Å². The number of aliphatic imine (C=N–C) groups is 1. The highest BCUT2D eigenvalue weighted by Crippen LogP contribution is 2.21. The Hall–Kier alpha value is -2.55. The van der Waals surface area contributed by atoms with E-state index in [9.17, 15) is 0 Å². The van der Waals surface area contributed by atoms with Crippen LogP contribution in [0.4, 0.5) is 5.69 Å². The first-order valence-corrected chi connectivity index (χ1v) is 10.2. The van der Waals surface area contributed by atoms with Crippen LogP contribution in [0.1, 0.15) is 52.1 Å². The summed E-state index contributed by atoms with van der Waals surface area (Å²) in [7, 11) is 1.87. The molecule has 1 aromatic rings. The first-order chi connectivity index (χ1) is 13.5. The standard InChI is InChI=1S/C25H37N3/c1-6-8-13-23(11-7-2)20(3)17-22(16-15-21(4)27-5)12-9-10-14-25-18-24(26)19-28-25/h7-11,13,17-19,22,28H,2,6,12,14-16,26H2,1,3-5H3/b10-9-,13-8-,20-17+,23-11+,27-21-. The minimum atomic E-state index is 0.477. The molecule has 0 aliphatic rings. The molecule has 0 aliphatic heterocycles. The van der Waals surface area contributed by atoms with Gasteiger partial charge >= 0.3 is 0 Å². The summed E-state index contributed by atoms with van der Waals surface area (Å²) in [5, 5.41) is 0. The predicted octanol–water partition coefficient (Wildman–Crippen LogP) is 6.60. The van der Waals surface area contributed by atoms with Gasteiger partial charge in [0.2, 0.25) is 0 Å². The van der Waals surface area contributed by atoms with Gasteiger partial charge in [-0.3, -0.25) is 4.99 Å². The Labute approximate surface area is 171 Å². The lowest BCUT2D eigenvalue weighted by Gasteiger charge is -2.13. The zero-order chi connectivity index (χ0) is 20.8. The van der Waals surface area contributed by atoms with Gasteiger partial charge in [0.1, 0.15) is 0 Å². The molecule has 3 heteroatoms. The highest BCUT2D eigenvalue weighted by Gasteiger charge is 2.07. The Bertz CT molecular complexity index is 742. The molecule has 1 heterocycles. The number of anilines is 1. The van der Waals surface area contributed by atoms with Crippen molar-refractivity contribution < 1.29 is 0 Å². The number of nitrogens with one attached hydrogen (secondary N) is 1. The van der Waals surface area contributed by atoms with E-state index in [-0.39, 0.29) is 0 Å². The third-order valence-electron chi connectivity index (χ3n) is 4.74. The molecule has 0 amide bonds. The molecular weight excluding hydrogens is 342 g/mol. The van der Waals surface area contributed by atoms with E-state index in [1.807, 2.05) is 25.4 Å². The number of rotatable bonds is 12. The Kier molecular flexibility index (Phi) is 11.4. The van der Waals surface area contributed by atoms with Gasteiger partial charge in [0.25, 0.3) is 0 Å². The highest BCUT2D eigenvalue weighted by molar-refractivity contribution is 5.81. The quantitative estimate of drug-likeness (QED) is 0.240. The number of nitrogen functional groups attached to an aromatic ring is 1. The molecule has 1 rings (SSSR count). The van der Waals surface area contributed by atoms with Crippen molar-refractivity contribution in [2.75, 3.05) is 12.8 Å². The number of hydrogen-bond acceptors (Lipinski definition) is 2. The molecule has 3 nitrogen and oxygen atoms in total. The van der Waals surface area contributed by atoms with Gasteiger partial charge in [-0.15, -0.1) is 0 Å². The van der Waals surface area contributed by atoms with Crippen LogP contribution in [0.2, 0.25) is 0 Å². The zero-order valence-electron chi connectivity index (χ0n) is 18.0. The van der Waals surface area contributed by atoms with Crippen LogP contribution in [0.15, 0.2) is 77.5 Å². The van der Waals surface area contributed by atoms with Crippen LogP contribution in [-0.4, -0.2) is 17.7 Å². The molecular formula is C25H37N3. The van der Waals surface area contributed by atoms with E-state index in [4.69, 9.17) is 5.73 Å². The fourth-order valence-electron chi connectivity index (χ4n) is 2.98. The molecule has 0 fully saturated rings. The maximum absolute atomic E-state index is 5.76. The number of aromatic amines is 1. The zero-order valence-corrected chi connectivity index (χ0v) is 18.0. The molecule has 152 valence electrons. The molecule has 0 saturated carbocycles. The lowest BCUT2D eigenvalue weighted by Crippen LogP contribution is -2.01. The average Bonchev–Trinajstić information content (AvgIpc) is 3.10. The summed E-state index contributed by atoms with van der Waals surface area (Å²) in [5.41, 5.74) is 11.4. The first-order valence-electron chi connectivity index (χ1n) is 10.2. The smallest absolute Gasteiger partial charge is 0.0494 e. The number of nitrogens with two attached hydrogens (primary N) is 1. The summed E-state index contributed by atoms with van der Waals surface area (Å²) < 4.78 is 0. The normalized spacial score (nSPS) is 14.9. The van der Waals surface area contributed by atoms with Gasteiger partial charge < -0.3 is 10.7 Å². The fourth-order valence-corrected chi connectivity index (χ4v) is 2.98. The maximum atomic E-state index is 5.76. The molecule has 3 N–H and O–H groups in total. The van der Waals surface area contributed by atoms with E-state index in [1.165, 1.54) is 16.9 Å². The highest BCUT2D eigenvalue weighted by atomic mass is 14.7. The largest absolute Gasteiger partial charge is 0.397 e. The van der Waals surface area contributed by atoms with Crippen molar-refractivity contribution in [3.63, 3.8) is 0 Å². The summed E-state index contributed by atoms with van der Waals surface area (Å²) >= 11 is 0. The Balaban J connectivity index is 2.85. The van der Waals surface area contributed by atoms with Gasteiger partial charge in [-0.1, -0.05) is 56.0 Å². The van der Waals surface area contributed by atoms with Crippen molar-refractivity contribution in [3.8, 4) is 0 Å². The van der Waals surface area contributed by atoms with Gasteiger partial charge in [-0.2, -0.15) is 0 Å². The lowest BCUT2D eigenvalue weighted by molar-refractivity contribution is 0.611. The summed E-state index contributed by atoms with van der Waals surface area (Å²) in [5.74, 6) is 0.477. The second kappa shape index (κ2) is 13.6. The first kappa shape index (κ1) is 23.5. The van der Waals surface area contributed by atoms with E-state index in [0.29, 0.717) is 5.92 Å². The molecule has 0 radical (unpaired) electrons. The fraction of sp³-hybridized carbons (Fsp3) is 0.400. The monoisotopic (exact) mass is 379 g/mol. The van der Waals surface area contributed by atoms with Crippen molar-refractivity contribution in [3.05, 3.63) is 78.2 Å². The third kappa shape index (κ3) is 9.40. The number of allylic oxidation sites excluding steroid dienone is 9. The van der Waals surface area contributed by atoms with Gasteiger partial charge in [-0.05, 0) is 62.7 Å². The molecule has 0 saturated heterocycles. The molecule has 0 bridgehead atoms. The second-order valence-corrected chi connectivity index (χ2v) is 7.15. The number of nitrogens with zero attached hydrogens (tertiary/aromatic N) is 1. The van der Waals surface area contributed by atoms with Crippen molar-refractivity contribution in [1.82, 2.24) is 4.98 Å². The van der Waals surface area contributed by atoms with Crippen LogP contribution in [0.5, 0.6) is 0 Å². The lowest BCUT2D eigenvalue weighted by atomic mass is 9.93. The molecule has 1 unspecified atom stereocenters. The van der Waals surface area contributed by atoms with Crippen molar-refractivity contribution >= 4 is 11.4 Å². The molecule has 0 spiro atoms. The molecule has 1 atom stereocenters. The Morgan fingerprint density at radius 1 is 1.29 bits per heavy atom. The van der Waals surface area contributed by atoms with E-state index in [0.717, 1.165) is 43.5 Å². The third-order valence-corrected chi connectivity index (χ3v) is 4.74. The van der Waals surface area contributed by atoms with Crippen LogP contribution < -0.4 is 5.73 Å². The predicted molar refractivity (Wildman–Crippen MR) is 126 cm³/mol. The Morgan fingerprint density at radius 2 is 2.07 bits per heavy atom. The van der Waals surface area contributed by atoms with Gasteiger partial charge in [0.05, 0.1) is 0 Å². The number of H-pyrrole nitrogens is 1. The average molecular weight is 380 g/mol. The molecule has 0 aromatic carbocycles. The number of aromatic nitrogens is 1. The summed E-state index contributed by atoms with van der Waals surface area (Å²) in [6.07, 6.45) is 22.1. The Morgan fingerprint density at radius 3 is 2.68 bits per heavy atom. The SMILES string of the molecule is C=C/C=C(\C=C/CC)C(/C)=C/C(C/C=C\Cc1cc(N)c[nH]1)CC/C(C)=N\C. The van der Waals surface area contributed by atoms with Gasteiger partial charge in [0, 0.05) is 36.8 Å². The summed E-state index contributed by atoms with van der Waals surface area (Å²) in [4.78, 5) is 7.50. The maximum Gasteiger partial charge on any atom is 0.0494 e. The molecule has 1 aromatic heterocycles. The van der Waals surface area contributed by atoms with Crippen LogP contribution in [0.25, 0.3) is 0 Å². The molecule has 0 aliphatic carbocycles. The number of hydrogen-bond donors (Lipinski definition) is 2. The van der Waals surface area contributed by atoms with Crippen molar-refractivity contribution in [1.29, 1.82) is 0 Å². The van der Waals surface area contributed by atoms with Crippen molar-refractivity contribution in [2.24, 2.45) is 10.9 Å². The van der Waals surface area contributed by atoms with Crippen LogP contribution >= 0.6 is 0 Å². The minimum Gasteiger partial charge on any atom is -0.397 e. The van der Waals surface area contributed by atoms with E-state index in [1.54, 1.807) is 0 Å². The summed E-state index contributed by atoms with van der Waals surface area (Å²) in [6, 6.07) is 1.99. The van der Waals surface area contributed by atoms with Crippen molar-refractivity contribution in [2.45, 2.75) is 52.9 Å². The summed E-state index contributed by atoms with van der Waals surface area (Å²) in [6.45, 7) is 10.3. The van der Waals surface area contributed by atoms with E-state index >= 15 is 0 Å². The van der Waals surface area contributed by atoms with Crippen LogP contribution in [-0.2, 0) is 6.42 Å². The van der Waals surface area contributed by atoms with Crippen LogP contribution in [0.3, 0.4) is 0 Å². The van der Waals surface area contributed by atoms with E-state index in [2.05, 4.69) is 73.8 Å². The minimum absolute atomic E-state index is 0.477. The van der Waals surface area contributed by atoms with Gasteiger partial charge in [-0.25, -0.2) is 0 Å². The van der Waals surface area contributed by atoms with Crippen LogP contribution in [0, 0.1) is 5.92 Å². The second-order valence-electron chi connectivity index (χ2n) is 7.15. The van der Waals surface area contributed by atoms with E-state index < -0.39 is 0 Å². The van der Waals surface area contributed by atoms with Gasteiger partial charge in [0.15, 0.2) is 0 Å².